The quantitative estimate of drug-likeness (QED) is 0.674. The molecule has 0 bridgehead atoms. The molecule has 0 aromatic carbocycles. The Kier molecular flexibility index (Phi) is 5.11. The van der Waals surface area contributed by atoms with Gasteiger partial charge in [-0.3, -0.25) is 0 Å². The zero-order valence-corrected chi connectivity index (χ0v) is 11.3. The Labute approximate surface area is 96.2 Å². The lowest BCUT2D eigenvalue weighted by Crippen LogP contribution is -2.34. The molecule has 15 heavy (non-hydrogen) atoms. The lowest BCUT2D eigenvalue weighted by atomic mass is 9.74. The fourth-order valence-corrected chi connectivity index (χ4v) is 3.13. The summed E-state index contributed by atoms with van der Waals surface area (Å²) in [7, 11) is 2.27. The van der Waals surface area contributed by atoms with Crippen molar-refractivity contribution in [2.45, 2.75) is 47.0 Å². The molecule has 1 aliphatic heterocycles. The van der Waals surface area contributed by atoms with E-state index in [1.807, 2.05) is 0 Å². The third-order valence-electron chi connectivity index (χ3n) is 4.37. The van der Waals surface area contributed by atoms with E-state index in [1.165, 1.54) is 32.4 Å². The molecule has 1 fully saturated rings. The van der Waals surface area contributed by atoms with Gasteiger partial charge in [0, 0.05) is 6.54 Å². The molecule has 0 amide bonds. The Morgan fingerprint density at radius 2 is 2.00 bits per heavy atom. The summed E-state index contributed by atoms with van der Waals surface area (Å²) in [6.07, 6.45) is 4.16. The first-order chi connectivity index (χ1) is 7.04. The second-order valence-electron chi connectivity index (χ2n) is 5.92. The SMILES string of the molecule is CCC(C)C1CC(C)CN(C)CCC1C. The highest BCUT2D eigenvalue weighted by Gasteiger charge is 2.27. The van der Waals surface area contributed by atoms with Crippen LogP contribution in [0.4, 0.5) is 0 Å². The molecule has 90 valence electrons. The standard InChI is InChI=1S/C14H29N/c1-6-12(3)14-9-11(2)10-15(5)8-7-13(14)4/h11-14H,6-10H2,1-5H3. The van der Waals surface area contributed by atoms with E-state index in [4.69, 9.17) is 0 Å². The van der Waals surface area contributed by atoms with Crippen LogP contribution in [0.1, 0.15) is 47.0 Å². The normalized spacial score (nSPS) is 37.0. The first-order valence-corrected chi connectivity index (χ1v) is 6.73. The molecule has 0 N–H and O–H groups in total. The Balaban J connectivity index is 2.61. The number of rotatable bonds is 2. The first-order valence-electron chi connectivity index (χ1n) is 6.73. The van der Waals surface area contributed by atoms with Gasteiger partial charge in [0.25, 0.3) is 0 Å². The molecule has 1 rings (SSSR count). The van der Waals surface area contributed by atoms with Crippen molar-refractivity contribution in [1.82, 2.24) is 4.90 Å². The van der Waals surface area contributed by atoms with E-state index in [2.05, 4.69) is 39.6 Å². The van der Waals surface area contributed by atoms with Crippen molar-refractivity contribution in [3.8, 4) is 0 Å². The lowest BCUT2D eigenvalue weighted by molar-refractivity contribution is 0.133. The maximum atomic E-state index is 2.51. The molecule has 0 aromatic heterocycles. The van der Waals surface area contributed by atoms with Crippen molar-refractivity contribution in [1.29, 1.82) is 0 Å². The molecular weight excluding hydrogens is 182 g/mol. The molecule has 0 aromatic rings. The molecule has 0 saturated carbocycles. The van der Waals surface area contributed by atoms with E-state index in [1.54, 1.807) is 0 Å². The summed E-state index contributed by atoms with van der Waals surface area (Å²) in [6.45, 7) is 12.2. The van der Waals surface area contributed by atoms with E-state index in [9.17, 15) is 0 Å². The molecule has 4 unspecified atom stereocenters. The Hall–Kier alpha value is -0.0400. The monoisotopic (exact) mass is 211 g/mol. The van der Waals surface area contributed by atoms with Crippen molar-refractivity contribution in [3.63, 3.8) is 0 Å². The Morgan fingerprint density at radius 1 is 1.33 bits per heavy atom. The Bertz CT molecular complexity index is 178. The molecule has 1 nitrogen and oxygen atoms in total. The predicted molar refractivity (Wildman–Crippen MR) is 68.0 cm³/mol. The summed E-state index contributed by atoms with van der Waals surface area (Å²) in [5.41, 5.74) is 0. The van der Waals surface area contributed by atoms with Crippen molar-refractivity contribution < 1.29 is 0 Å². The van der Waals surface area contributed by atoms with Gasteiger partial charge in [-0.25, -0.2) is 0 Å². The maximum absolute atomic E-state index is 2.51. The average molecular weight is 211 g/mol. The van der Waals surface area contributed by atoms with Gasteiger partial charge in [-0.2, -0.15) is 0 Å². The zero-order chi connectivity index (χ0) is 11.4. The van der Waals surface area contributed by atoms with E-state index >= 15 is 0 Å². The van der Waals surface area contributed by atoms with Crippen molar-refractivity contribution >= 4 is 0 Å². The van der Waals surface area contributed by atoms with Crippen molar-refractivity contribution in [2.24, 2.45) is 23.7 Å². The van der Waals surface area contributed by atoms with Gasteiger partial charge in [-0.15, -0.1) is 0 Å². The highest BCUT2D eigenvalue weighted by atomic mass is 15.1. The first kappa shape index (κ1) is 13.0. The van der Waals surface area contributed by atoms with Gasteiger partial charge >= 0.3 is 0 Å². The summed E-state index contributed by atoms with van der Waals surface area (Å²) < 4.78 is 0. The number of hydrogen-bond donors (Lipinski definition) is 0. The van der Waals surface area contributed by atoms with Crippen molar-refractivity contribution in [2.75, 3.05) is 20.1 Å². The van der Waals surface area contributed by atoms with Gasteiger partial charge < -0.3 is 4.90 Å². The lowest BCUT2D eigenvalue weighted by Gasteiger charge is -2.36. The van der Waals surface area contributed by atoms with Crippen LogP contribution in [0.15, 0.2) is 0 Å². The minimum absolute atomic E-state index is 0.872. The average Bonchev–Trinajstić information content (AvgIpc) is 2.19. The van der Waals surface area contributed by atoms with E-state index in [0.717, 1.165) is 23.7 Å². The predicted octanol–water partition coefficient (Wildman–Crippen LogP) is 3.65. The van der Waals surface area contributed by atoms with Gasteiger partial charge in [-0.05, 0) is 50.1 Å². The summed E-state index contributed by atoms with van der Waals surface area (Å²) in [6, 6.07) is 0. The van der Waals surface area contributed by atoms with Crippen LogP contribution in [0.3, 0.4) is 0 Å². The highest BCUT2D eigenvalue weighted by molar-refractivity contribution is 4.78. The Morgan fingerprint density at radius 3 is 2.60 bits per heavy atom. The largest absolute Gasteiger partial charge is 0.306 e. The van der Waals surface area contributed by atoms with Crippen LogP contribution in [0.25, 0.3) is 0 Å². The van der Waals surface area contributed by atoms with Crippen molar-refractivity contribution in [3.05, 3.63) is 0 Å². The smallest absolute Gasteiger partial charge is 0.000407 e. The van der Waals surface area contributed by atoms with Crippen LogP contribution in [0.2, 0.25) is 0 Å². The van der Waals surface area contributed by atoms with Crippen LogP contribution >= 0.6 is 0 Å². The third-order valence-corrected chi connectivity index (χ3v) is 4.37. The van der Waals surface area contributed by atoms with E-state index in [-0.39, 0.29) is 0 Å². The van der Waals surface area contributed by atoms with Gasteiger partial charge in [0.05, 0.1) is 0 Å². The molecule has 1 heterocycles. The van der Waals surface area contributed by atoms with Crippen LogP contribution in [0.5, 0.6) is 0 Å². The molecule has 1 aliphatic rings. The minimum atomic E-state index is 0.872. The van der Waals surface area contributed by atoms with Crippen LogP contribution < -0.4 is 0 Å². The fourth-order valence-electron chi connectivity index (χ4n) is 3.13. The molecule has 1 heteroatoms. The summed E-state index contributed by atoms with van der Waals surface area (Å²) in [4.78, 5) is 2.51. The fraction of sp³-hybridized carbons (Fsp3) is 1.00. The number of hydrogen-bond acceptors (Lipinski definition) is 1. The van der Waals surface area contributed by atoms with Gasteiger partial charge in [-0.1, -0.05) is 34.1 Å². The summed E-state index contributed by atoms with van der Waals surface area (Å²) in [5, 5.41) is 0. The molecule has 0 spiro atoms. The van der Waals surface area contributed by atoms with Gasteiger partial charge in [0.15, 0.2) is 0 Å². The minimum Gasteiger partial charge on any atom is -0.306 e. The second kappa shape index (κ2) is 5.89. The van der Waals surface area contributed by atoms with Gasteiger partial charge in [0.1, 0.15) is 0 Å². The van der Waals surface area contributed by atoms with E-state index in [0.29, 0.717) is 0 Å². The second-order valence-corrected chi connectivity index (χ2v) is 5.92. The van der Waals surface area contributed by atoms with Gasteiger partial charge in [0.2, 0.25) is 0 Å². The summed E-state index contributed by atoms with van der Waals surface area (Å²) >= 11 is 0. The van der Waals surface area contributed by atoms with Crippen LogP contribution in [-0.4, -0.2) is 25.0 Å². The molecule has 4 atom stereocenters. The zero-order valence-electron chi connectivity index (χ0n) is 11.3. The highest BCUT2D eigenvalue weighted by Crippen LogP contribution is 2.33. The molecular formula is C14H29N. The third kappa shape index (κ3) is 3.79. The molecule has 0 radical (unpaired) electrons. The maximum Gasteiger partial charge on any atom is 0.000407 e. The van der Waals surface area contributed by atoms with Crippen LogP contribution in [-0.2, 0) is 0 Å². The number of likely N-dealkylation sites (tertiary alicyclic amines) is 1. The summed E-state index contributed by atoms with van der Waals surface area (Å²) in [5.74, 6) is 3.64. The number of nitrogens with zero attached hydrogens (tertiary/aromatic N) is 1. The van der Waals surface area contributed by atoms with Crippen LogP contribution in [0, 0.1) is 23.7 Å². The molecule has 0 aliphatic carbocycles. The van der Waals surface area contributed by atoms with E-state index < -0.39 is 0 Å². The topological polar surface area (TPSA) is 3.24 Å². The molecule has 1 saturated heterocycles.